The van der Waals surface area contributed by atoms with E-state index in [1.807, 2.05) is 0 Å². The number of ether oxygens (including phenoxy) is 2. The van der Waals surface area contributed by atoms with Crippen molar-refractivity contribution in [2.24, 2.45) is 0 Å². The number of nitrogens with zero attached hydrogens (tertiary/aromatic N) is 7. The van der Waals surface area contributed by atoms with Gasteiger partial charge in [-0.1, -0.05) is 12.2 Å². The summed E-state index contributed by atoms with van der Waals surface area (Å²) < 4.78 is 73.8. The molecule has 0 aliphatic carbocycles. The Morgan fingerprint density at radius 3 is 2.63 bits per heavy atom. The molecule has 3 fully saturated rings. The Labute approximate surface area is 246 Å². The maximum atomic E-state index is 13.3. The predicted octanol–water partition coefficient (Wildman–Crippen LogP) is -0.628. The molecule has 230 valence electrons. The summed E-state index contributed by atoms with van der Waals surface area (Å²) in [5.41, 5.74) is 11.7. The molecule has 43 heavy (non-hydrogen) atoms. The standard InChI is InChI=1S/C20H24N11O9PS2/c21-15-13-16(24-5-23-15)30(6-25-13)12-2-9-11(38-12)3-27-43(34,35)40-10-1-8(4-36-41(33,42)39-9)37-19(10)31-7-26-14-17(31)28-20(22)29-18(14)32/h5-12,19,27H,1-4H2,(H,33,42)(H2,21,23,24)(H3,22,28,29,32)/t8-,9-,10+,11+,12+,19+,41?/m0/s1. The molecule has 7 heterocycles. The van der Waals surface area contributed by atoms with Crippen LogP contribution in [-0.2, 0) is 37.6 Å². The monoisotopic (exact) mass is 657 g/mol. The number of aromatic nitrogens is 8. The summed E-state index contributed by atoms with van der Waals surface area (Å²) >= 11 is 4.14. The third-order valence-electron chi connectivity index (χ3n) is 7.15. The third kappa shape index (κ3) is 5.38. The van der Waals surface area contributed by atoms with Crippen molar-refractivity contribution in [3.05, 3.63) is 29.3 Å². The number of hydrogen-bond acceptors (Lipinski definition) is 16. The van der Waals surface area contributed by atoms with Crippen LogP contribution in [0.2, 0.25) is 0 Å². The Balaban J connectivity index is 1.17. The zero-order valence-corrected chi connectivity index (χ0v) is 24.4. The number of nitrogen functional groups attached to an aromatic ring is 2. The van der Waals surface area contributed by atoms with Crippen molar-refractivity contribution in [1.29, 1.82) is 0 Å². The molecule has 0 aromatic carbocycles. The molecule has 20 nitrogen and oxygen atoms in total. The van der Waals surface area contributed by atoms with Gasteiger partial charge in [0.2, 0.25) is 5.95 Å². The van der Waals surface area contributed by atoms with E-state index in [1.54, 1.807) is 4.57 Å². The van der Waals surface area contributed by atoms with Crippen LogP contribution in [0.5, 0.6) is 0 Å². The summed E-state index contributed by atoms with van der Waals surface area (Å²) in [6.07, 6.45) is -1.63. The van der Waals surface area contributed by atoms with Crippen molar-refractivity contribution in [3.63, 3.8) is 0 Å². The first-order chi connectivity index (χ1) is 20.5. The second-order valence-electron chi connectivity index (χ2n) is 9.95. The topological polar surface area (TPSA) is 269 Å². The maximum Gasteiger partial charge on any atom is 0.386 e. The average Bonchev–Trinajstić information content (AvgIpc) is 3.71. The van der Waals surface area contributed by atoms with Crippen LogP contribution in [0.1, 0.15) is 25.3 Å². The summed E-state index contributed by atoms with van der Waals surface area (Å²) in [4.78, 5) is 35.1. The third-order valence-corrected chi connectivity index (χ3v) is 9.81. The van der Waals surface area contributed by atoms with Crippen molar-refractivity contribution in [2.75, 3.05) is 24.6 Å². The van der Waals surface area contributed by atoms with Gasteiger partial charge >= 0.3 is 17.1 Å². The van der Waals surface area contributed by atoms with Gasteiger partial charge < -0.3 is 20.9 Å². The van der Waals surface area contributed by atoms with E-state index in [1.165, 1.54) is 23.5 Å². The van der Waals surface area contributed by atoms with Gasteiger partial charge in [-0.15, -0.1) is 0 Å². The Hall–Kier alpha value is -3.21. The minimum atomic E-state index is -4.43. The molecule has 7 rings (SSSR count). The largest absolute Gasteiger partial charge is 0.386 e. The molecule has 0 saturated carbocycles. The second-order valence-corrected chi connectivity index (χ2v) is 14.2. The smallest absolute Gasteiger partial charge is 0.382 e. The van der Waals surface area contributed by atoms with Crippen LogP contribution in [0.25, 0.3) is 22.3 Å². The van der Waals surface area contributed by atoms with Gasteiger partial charge in [-0.2, -0.15) is 18.1 Å². The molecule has 4 aromatic heterocycles. The minimum absolute atomic E-state index is 0.0121. The minimum Gasteiger partial charge on any atom is -0.382 e. The van der Waals surface area contributed by atoms with Crippen LogP contribution in [0, 0.1) is 0 Å². The zero-order valence-electron chi connectivity index (χ0n) is 21.8. The summed E-state index contributed by atoms with van der Waals surface area (Å²) in [6.45, 7) is -4.65. The maximum absolute atomic E-state index is 13.3. The Kier molecular flexibility index (Phi) is 6.94. The molecule has 3 saturated heterocycles. The molecular weight excluding hydrogens is 633 g/mol. The van der Waals surface area contributed by atoms with E-state index in [0.29, 0.717) is 11.2 Å². The number of imidazole rings is 2. The van der Waals surface area contributed by atoms with Gasteiger partial charge in [0.25, 0.3) is 5.56 Å². The van der Waals surface area contributed by atoms with Crippen LogP contribution in [-0.4, -0.2) is 85.0 Å². The first kappa shape index (κ1) is 28.6. The molecular formula is C20H24N11O9PS2. The average molecular weight is 658 g/mol. The number of nitrogens with two attached hydrogens (primary N) is 2. The molecule has 3 aliphatic heterocycles. The molecule has 0 spiro atoms. The molecule has 3 aliphatic rings. The Morgan fingerprint density at radius 2 is 1.79 bits per heavy atom. The number of aromatic amines is 1. The van der Waals surface area contributed by atoms with E-state index in [-0.39, 0.29) is 48.9 Å². The lowest BCUT2D eigenvalue weighted by atomic mass is 10.2. The molecule has 6 N–H and O–H groups in total. The first-order valence-electron chi connectivity index (χ1n) is 12.8. The fourth-order valence-electron chi connectivity index (χ4n) is 5.29. The highest BCUT2D eigenvalue weighted by molar-refractivity contribution is 8.44. The summed E-state index contributed by atoms with van der Waals surface area (Å²) in [6, 6.07) is 0. The van der Waals surface area contributed by atoms with E-state index in [0.717, 1.165) is 0 Å². The molecule has 0 amide bonds. The zero-order chi connectivity index (χ0) is 30.1. The SMILES string of the molecule is Nc1nc2c(ncn2[C@@H]2O[C@@H]3COP(=O)(S)O[C@H]4C[C@H](n5cnc6c(N)ncnc65)O[C@@H]4CNS(=O)(=O)O[C@@H]2C3)c(=O)[nH]1. The summed E-state index contributed by atoms with van der Waals surface area (Å²) in [7, 11) is -4.43. The van der Waals surface area contributed by atoms with Crippen molar-refractivity contribution in [2.45, 2.75) is 49.7 Å². The number of H-pyrrole nitrogens is 1. The van der Waals surface area contributed by atoms with Gasteiger partial charge in [-0.05, 0) is 0 Å². The van der Waals surface area contributed by atoms with E-state index < -0.39 is 59.5 Å². The van der Waals surface area contributed by atoms with Crippen molar-refractivity contribution in [1.82, 2.24) is 43.8 Å². The van der Waals surface area contributed by atoms with Crippen molar-refractivity contribution >= 4 is 63.4 Å². The van der Waals surface area contributed by atoms with Crippen LogP contribution in [0.15, 0.2) is 23.8 Å². The first-order valence-corrected chi connectivity index (χ1v) is 16.9. The number of fused-ring (bicyclic) bond motifs is 5. The fourth-order valence-corrected chi connectivity index (χ4v) is 7.77. The van der Waals surface area contributed by atoms with Crippen LogP contribution < -0.4 is 21.7 Å². The normalized spacial score (nSPS) is 33.1. The van der Waals surface area contributed by atoms with Gasteiger partial charge in [0, 0.05) is 19.4 Å². The molecule has 1 unspecified atom stereocenters. The number of rotatable bonds is 2. The fraction of sp³-hybridized carbons (Fsp3) is 0.500. The Bertz CT molecular complexity index is 1930. The van der Waals surface area contributed by atoms with Gasteiger partial charge in [-0.25, -0.2) is 28.7 Å². The van der Waals surface area contributed by atoms with Gasteiger partial charge in [-0.3, -0.25) is 28.0 Å². The number of hydrogen-bond donors (Lipinski definition) is 5. The lowest BCUT2D eigenvalue weighted by Crippen LogP contribution is -2.40. The van der Waals surface area contributed by atoms with Gasteiger partial charge in [0.1, 0.15) is 30.3 Å². The van der Waals surface area contributed by atoms with Crippen molar-refractivity contribution in [3.8, 4) is 0 Å². The van der Waals surface area contributed by atoms with Crippen LogP contribution >= 0.6 is 19.0 Å². The second kappa shape index (κ2) is 10.5. The van der Waals surface area contributed by atoms with E-state index in [4.69, 9.17) is 34.2 Å². The lowest BCUT2D eigenvalue weighted by molar-refractivity contribution is -0.0439. The molecule has 4 aromatic rings. The van der Waals surface area contributed by atoms with Crippen LogP contribution in [0.4, 0.5) is 11.8 Å². The number of thiol groups is 1. The molecule has 0 radical (unpaired) electrons. The summed E-state index contributed by atoms with van der Waals surface area (Å²) in [5, 5.41) is 0. The van der Waals surface area contributed by atoms with E-state index in [2.05, 4.69) is 46.9 Å². The van der Waals surface area contributed by atoms with E-state index >= 15 is 0 Å². The predicted molar refractivity (Wildman–Crippen MR) is 149 cm³/mol. The number of nitrogens with one attached hydrogen (secondary N) is 2. The number of anilines is 2. The van der Waals surface area contributed by atoms with Crippen molar-refractivity contribution < 1.29 is 35.7 Å². The molecule has 23 heteroatoms. The quantitative estimate of drug-likeness (QED) is 0.133. The molecule has 2 bridgehead atoms. The highest BCUT2D eigenvalue weighted by Gasteiger charge is 2.46. The summed E-state index contributed by atoms with van der Waals surface area (Å²) in [5.74, 6) is -0.00756. The Morgan fingerprint density at radius 1 is 1.00 bits per heavy atom. The molecule has 7 atom stereocenters. The lowest BCUT2D eigenvalue weighted by Gasteiger charge is -2.24. The highest BCUT2D eigenvalue weighted by Crippen LogP contribution is 2.56. The highest BCUT2D eigenvalue weighted by atomic mass is 32.7. The van der Waals surface area contributed by atoms with Crippen LogP contribution in [0.3, 0.4) is 0 Å². The van der Waals surface area contributed by atoms with E-state index in [9.17, 15) is 17.8 Å². The van der Waals surface area contributed by atoms with Gasteiger partial charge in [0.15, 0.2) is 28.9 Å². The van der Waals surface area contributed by atoms with Gasteiger partial charge in [0.05, 0.1) is 31.5 Å².